The number of methoxy groups -OCH3 is 1. The molecule has 2 aliphatic heterocycles. The van der Waals surface area contributed by atoms with Gasteiger partial charge in [0.2, 0.25) is 0 Å². The van der Waals surface area contributed by atoms with Gasteiger partial charge in [-0.05, 0) is 57.0 Å². The molecule has 2 aromatic rings. The van der Waals surface area contributed by atoms with E-state index in [0.717, 1.165) is 37.5 Å². The molecule has 7 nitrogen and oxygen atoms in total. The molecule has 1 aromatic carbocycles. The van der Waals surface area contributed by atoms with Gasteiger partial charge in [0, 0.05) is 29.5 Å². The van der Waals surface area contributed by atoms with Crippen LogP contribution in [-0.4, -0.2) is 50.9 Å². The van der Waals surface area contributed by atoms with Crippen LogP contribution in [0, 0.1) is 0 Å². The van der Waals surface area contributed by atoms with Gasteiger partial charge in [0.1, 0.15) is 23.4 Å². The first-order valence-corrected chi connectivity index (χ1v) is 10.7. The van der Waals surface area contributed by atoms with Crippen LogP contribution in [0.1, 0.15) is 61.3 Å². The highest BCUT2D eigenvalue weighted by Crippen LogP contribution is 2.36. The van der Waals surface area contributed by atoms with Crippen LogP contribution in [0.5, 0.6) is 5.75 Å². The first kappa shape index (κ1) is 20.2. The highest BCUT2D eigenvalue weighted by molar-refractivity contribution is 6.30. The number of carboxylic acid groups (broad SMARTS) is 1. The van der Waals surface area contributed by atoms with Gasteiger partial charge >= 0.3 is 5.97 Å². The normalized spacial score (nSPS) is 19.4. The average molecular weight is 419 g/mol. The number of fused-ring (bicyclic) bond motifs is 1. The molecule has 1 saturated heterocycles. The zero-order valence-electron chi connectivity index (χ0n) is 16.7. The van der Waals surface area contributed by atoms with Crippen molar-refractivity contribution in [3.05, 3.63) is 40.4 Å². The van der Waals surface area contributed by atoms with E-state index in [9.17, 15) is 9.90 Å². The third kappa shape index (κ3) is 4.12. The lowest BCUT2D eigenvalue weighted by Crippen LogP contribution is -2.40. The molecule has 0 radical (unpaired) electrons. The summed E-state index contributed by atoms with van der Waals surface area (Å²) in [6.07, 6.45) is 6.32. The summed E-state index contributed by atoms with van der Waals surface area (Å²) in [6, 6.07) is 4.36. The molecule has 156 valence electrons. The third-order valence-corrected chi connectivity index (χ3v) is 6.35. The Morgan fingerprint density at radius 3 is 2.72 bits per heavy atom. The number of hydrogen-bond donors (Lipinski definition) is 1. The fourth-order valence-electron chi connectivity index (χ4n) is 4.63. The van der Waals surface area contributed by atoms with E-state index < -0.39 is 12.0 Å². The maximum atomic E-state index is 12.2. The fourth-order valence-corrected chi connectivity index (χ4v) is 4.81. The maximum absolute atomic E-state index is 12.2. The van der Waals surface area contributed by atoms with Crippen molar-refractivity contribution in [2.24, 2.45) is 0 Å². The van der Waals surface area contributed by atoms with E-state index in [2.05, 4.69) is 14.8 Å². The van der Waals surface area contributed by atoms with E-state index in [1.165, 1.54) is 19.3 Å². The zero-order valence-corrected chi connectivity index (χ0v) is 17.4. The van der Waals surface area contributed by atoms with Crippen molar-refractivity contribution in [3.8, 4) is 5.75 Å². The van der Waals surface area contributed by atoms with Gasteiger partial charge in [0.15, 0.2) is 0 Å². The molecular formula is C21H27ClN4O3. The van der Waals surface area contributed by atoms with E-state index in [1.54, 1.807) is 25.3 Å². The Morgan fingerprint density at radius 2 is 2.00 bits per heavy atom. The lowest BCUT2D eigenvalue weighted by Gasteiger charge is -2.36. The highest BCUT2D eigenvalue weighted by atomic mass is 35.5. The number of aryl methyl sites for hydroxylation is 1. The molecule has 4 rings (SSSR count). The van der Waals surface area contributed by atoms with E-state index in [0.29, 0.717) is 35.3 Å². The molecule has 2 aliphatic rings. The number of piperidine rings is 1. The van der Waals surface area contributed by atoms with Crippen LogP contribution in [0.3, 0.4) is 0 Å². The molecule has 0 bridgehead atoms. The topological polar surface area (TPSA) is 80.5 Å². The predicted octanol–water partition coefficient (Wildman–Crippen LogP) is 3.67. The van der Waals surface area contributed by atoms with Crippen molar-refractivity contribution in [2.75, 3.05) is 20.2 Å². The number of carbonyl (C=O) groups is 1. The van der Waals surface area contributed by atoms with Gasteiger partial charge in [-0.15, -0.1) is 10.2 Å². The zero-order chi connectivity index (χ0) is 20.4. The minimum Gasteiger partial charge on any atom is -0.496 e. The second-order valence-electron chi connectivity index (χ2n) is 7.87. The Labute approximate surface area is 175 Å². The fraction of sp³-hybridized carbons (Fsp3) is 0.571. The van der Waals surface area contributed by atoms with Crippen molar-refractivity contribution < 1.29 is 14.6 Å². The summed E-state index contributed by atoms with van der Waals surface area (Å²) in [5.41, 5.74) is 0.599. The van der Waals surface area contributed by atoms with Gasteiger partial charge in [-0.1, -0.05) is 18.0 Å². The van der Waals surface area contributed by atoms with Crippen molar-refractivity contribution in [1.29, 1.82) is 0 Å². The van der Waals surface area contributed by atoms with E-state index in [-0.39, 0.29) is 0 Å². The van der Waals surface area contributed by atoms with Crippen molar-refractivity contribution in [1.82, 2.24) is 19.7 Å². The number of ether oxygens (including phenoxy) is 1. The second kappa shape index (κ2) is 8.71. The van der Waals surface area contributed by atoms with Crippen molar-refractivity contribution in [3.63, 3.8) is 0 Å². The van der Waals surface area contributed by atoms with Crippen LogP contribution in [0.15, 0.2) is 18.2 Å². The molecule has 0 saturated carbocycles. The Balaban J connectivity index is 1.52. The summed E-state index contributed by atoms with van der Waals surface area (Å²) in [4.78, 5) is 14.2. The Kier molecular flexibility index (Phi) is 6.06. The SMILES string of the molecule is COc1ccc(Cl)cc1C(C(=O)O)N1CCC(c2nnc3n2CCCCC3)CC1. The first-order valence-electron chi connectivity index (χ1n) is 10.3. The first-order chi connectivity index (χ1) is 14.1. The van der Waals surface area contributed by atoms with Crippen LogP contribution in [-0.2, 0) is 17.8 Å². The number of benzene rings is 1. The van der Waals surface area contributed by atoms with Gasteiger partial charge in [-0.3, -0.25) is 9.69 Å². The molecule has 1 atom stereocenters. The number of hydrogen-bond acceptors (Lipinski definition) is 5. The van der Waals surface area contributed by atoms with E-state index in [1.807, 2.05) is 4.90 Å². The summed E-state index contributed by atoms with van der Waals surface area (Å²) in [6.45, 7) is 2.36. The monoisotopic (exact) mass is 418 g/mol. The van der Waals surface area contributed by atoms with Crippen molar-refractivity contribution >= 4 is 17.6 Å². The van der Waals surface area contributed by atoms with Crippen LogP contribution in [0.2, 0.25) is 5.02 Å². The minimum atomic E-state index is -0.889. The molecule has 0 spiro atoms. The number of rotatable bonds is 5. The molecular weight excluding hydrogens is 392 g/mol. The van der Waals surface area contributed by atoms with Gasteiger partial charge in [0.05, 0.1) is 7.11 Å². The molecule has 29 heavy (non-hydrogen) atoms. The van der Waals surface area contributed by atoms with Crippen LogP contribution in [0.4, 0.5) is 0 Å². The van der Waals surface area contributed by atoms with E-state index >= 15 is 0 Å². The standard InChI is InChI=1S/C21H27ClN4O3/c1-29-17-7-6-15(22)13-16(17)19(21(27)28)25-11-8-14(9-12-25)20-24-23-18-5-3-2-4-10-26(18)20/h6-7,13-14,19H,2-5,8-12H2,1H3,(H,27,28). The molecule has 1 aromatic heterocycles. The smallest absolute Gasteiger partial charge is 0.325 e. The lowest BCUT2D eigenvalue weighted by molar-refractivity contribution is -0.144. The molecule has 8 heteroatoms. The number of likely N-dealkylation sites (tertiary alicyclic amines) is 1. The maximum Gasteiger partial charge on any atom is 0.325 e. The minimum absolute atomic E-state index is 0.321. The highest BCUT2D eigenvalue weighted by Gasteiger charge is 2.35. The van der Waals surface area contributed by atoms with Gasteiger partial charge in [0.25, 0.3) is 0 Å². The summed E-state index contributed by atoms with van der Waals surface area (Å²) in [7, 11) is 1.55. The lowest BCUT2D eigenvalue weighted by atomic mass is 9.93. The van der Waals surface area contributed by atoms with Gasteiger partial charge in [-0.2, -0.15) is 0 Å². The van der Waals surface area contributed by atoms with Gasteiger partial charge < -0.3 is 14.4 Å². The number of carboxylic acids is 1. The van der Waals surface area contributed by atoms with Crippen LogP contribution < -0.4 is 4.74 Å². The number of nitrogens with zero attached hydrogens (tertiary/aromatic N) is 4. The van der Waals surface area contributed by atoms with Crippen molar-refractivity contribution in [2.45, 2.75) is 57.0 Å². The summed E-state index contributed by atoms with van der Waals surface area (Å²) < 4.78 is 7.71. The number of aromatic nitrogens is 3. The molecule has 1 unspecified atom stereocenters. The molecule has 0 aliphatic carbocycles. The predicted molar refractivity (Wildman–Crippen MR) is 110 cm³/mol. The Morgan fingerprint density at radius 1 is 1.21 bits per heavy atom. The Hall–Kier alpha value is -2.12. The number of halogens is 1. The largest absolute Gasteiger partial charge is 0.496 e. The van der Waals surface area contributed by atoms with Gasteiger partial charge in [-0.25, -0.2) is 0 Å². The number of aliphatic carboxylic acids is 1. The Bertz CT molecular complexity index is 877. The van der Waals surface area contributed by atoms with E-state index in [4.69, 9.17) is 16.3 Å². The summed E-state index contributed by atoms with van der Waals surface area (Å²) in [5, 5.41) is 19.4. The third-order valence-electron chi connectivity index (χ3n) is 6.12. The second-order valence-corrected chi connectivity index (χ2v) is 8.31. The summed E-state index contributed by atoms with van der Waals surface area (Å²) >= 11 is 6.15. The molecule has 1 fully saturated rings. The average Bonchev–Trinajstić information content (AvgIpc) is 2.97. The quantitative estimate of drug-likeness (QED) is 0.797. The summed E-state index contributed by atoms with van der Waals surface area (Å²) in [5.74, 6) is 2.16. The molecule has 1 N–H and O–H groups in total. The molecule has 0 amide bonds. The molecule has 3 heterocycles. The van der Waals surface area contributed by atoms with Crippen LogP contribution >= 0.6 is 11.6 Å². The van der Waals surface area contributed by atoms with Crippen LogP contribution in [0.25, 0.3) is 0 Å².